The van der Waals surface area contributed by atoms with Gasteiger partial charge in [-0.25, -0.2) is 4.39 Å². The van der Waals surface area contributed by atoms with Crippen LogP contribution in [0.5, 0.6) is 0 Å². The molecule has 0 spiro atoms. The Labute approximate surface area is 94.9 Å². The molecule has 0 radical (unpaired) electrons. The number of carbonyl (C=O) groups is 1. The Balaban J connectivity index is 2.41. The first-order valence-corrected chi connectivity index (χ1v) is 4.67. The third kappa shape index (κ3) is 4.67. The number of alkyl halides is 3. The summed E-state index contributed by atoms with van der Waals surface area (Å²) in [6, 6.07) is 5.40. The van der Waals surface area contributed by atoms with Crippen LogP contribution >= 0.6 is 0 Å². The van der Waals surface area contributed by atoms with Gasteiger partial charge in [0.25, 0.3) is 0 Å². The molecule has 0 heterocycles. The second-order valence-electron chi connectivity index (χ2n) is 3.16. The van der Waals surface area contributed by atoms with E-state index in [1.165, 1.54) is 36.4 Å². The van der Waals surface area contributed by atoms with Gasteiger partial charge in [0.15, 0.2) is 0 Å². The minimum Gasteiger partial charge on any atom is -0.345 e. The van der Waals surface area contributed by atoms with E-state index in [0.717, 1.165) is 0 Å². The van der Waals surface area contributed by atoms with Crippen LogP contribution in [0.2, 0.25) is 0 Å². The third-order valence-corrected chi connectivity index (χ3v) is 1.82. The van der Waals surface area contributed by atoms with E-state index in [1.54, 1.807) is 5.32 Å². The summed E-state index contributed by atoms with van der Waals surface area (Å²) in [5.41, 5.74) is 0.632. The second-order valence-corrected chi connectivity index (χ2v) is 3.16. The molecule has 1 rings (SSSR count). The maximum absolute atomic E-state index is 12.5. The zero-order valence-electron chi connectivity index (χ0n) is 8.59. The molecule has 1 N–H and O–H groups in total. The lowest BCUT2D eigenvalue weighted by Gasteiger charge is -2.04. The molecule has 6 heteroatoms. The molecule has 1 aromatic rings. The van der Waals surface area contributed by atoms with Gasteiger partial charge in [-0.1, -0.05) is 24.3 Å². The first-order chi connectivity index (χ1) is 7.89. The summed E-state index contributed by atoms with van der Waals surface area (Å²) in [4.78, 5) is 10.4. The number of benzene rings is 1. The molecule has 0 bridgehead atoms. The Morgan fingerprint density at radius 3 is 2.35 bits per heavy atom. The van der Waals surface area contributed by atoms with Crippen LogP contribution in [-0.4, -0.2) is 18.6 Å². The highest BCUT2D eigenvalue weighted by molar-refractivity contribution is 5.81. The molecule has 92 valence electrons. The molecule has 0 aliphatic rings. The average molecular weight is 247 g/mol. The molecule has 1 aromatic carbocycles. The van der Waals surface area contributed by atoms with Crippen molar-refractivity contribution >= 4 is 12.0 Å². The molecule has 0 aromatic heterocycles. The zero-order valence-corrected chi connectivity index (χ0v) is 8.59. The summed E-state index contributed by atoms with van der Waals surface area (Å²) in [6.07, 6.45) is -2.04. The number of carbonyl (C=O) groups excluding carboxylic acids is 1. The number of hydrogen-bond donors (Lipinski definition) is 1. The minimum absolute atomic E-state index is 0.240. The number of hydrogen-bond acceptors (Lipinski definition) is 1. The van der Waals surface area contributed by atoms with Gasteiger partial charge in [0.2, 0.25) is 0 Å². The molecule has 0 unspecified atom stereocenters. The van der Waals surface area contributed by atoms with E-state index < -0.39 is 17.9 Å². The van der Waals surface area contributed by atoms with E-state index in [-0.39, 0.29) is 6.54 Å². The molecular formula is C11H9F4NO. The van der Waals surface area contributed by atoms with Crippen molar-refractivity contribution in [3.63, 3.8) is 0 Å². The first-order valence-electron chi connectivity index (χ1n) is 4.67. The van der Waals surface area contributed by atoms with Crippen LogP contribution < -0.4 is 5.32 Å². The van der Waals surface area contributed by atoms with Crippen LogP contribution in [0.3, 0.4) is 0 Å². The van der Waals surface area contributed by atoms with Crippen LogP contribution in [0.4, 0.5) is 17.6 Å². The molecule has 0 atom stereocenters. The van der Waals surface area contributed by atoms with Gasteiger partial charge in [0.1, 0.15) is 5.82 Å². The average Bonchev–Trinajstić information content (AvgIpc) is 2.25. The standard InChI is InChI=1S/C11H9F4NO/c12-9-5-3-8(4-6-9)2-1-7-16-10(17)11(13,14)15/h1-6H,7H2,(H,16,17)/b2-1+. The first kappa shape index (κ1) is 13.2. The molecule has 0 aliphatic heterocycles. The molecule has 0 saturated heterocycles. The lowest BCUT2D eigenvalue weighted by molar-refractivity contribution is -0.173. The topological polar surface area (TPSA) is 29.1 Å². The zero-order chi connectivity index (χ0) is 12.9. The second kappa shape index (κ2) is 5.47. The van der Waals surface area contributed by atoms with Crippen LogP contribution in [0, 0.1) is 5.82 Å². The number of halogens is 4. The smallest absolute Gasteiger partial charge is 0.345 e. The van der Waals surface area contributed by atoms with Crippen molar-refractivity contribution in [3.05, 3.63) is 41.7 Å². The summed E-state index contributed by atoms with van der Waals surface area (Å²) in [5, 5.41) is 1.68. The van der Waals surface area contributed by atoms with E-state index >= 15 is 0 Å². The van der Waals surface area contributed by atoms with E-state index in [9.17, 15) is 22.4 Å². The van der Waals surface area contributed by atoms with Gasteiger partial charge in [0.05, 0.1) is 0 Å². The van der Waals surface area contributed by atoms with Crippen molar-refractivity contribution in [2.45, 2.75) is 6.18 Å². The maximum Gasteiger partial charge on any atom is 0.471 e. The van der Waals surface area contributed by atoms with E-state index in [1.807, 2.05) is 0 Å². The normalized spacial score (nSPS) is 11.8. The van der Waals surface area contributed by atoms with Crippen molar-refractivity contribution in [2.75, 3.05) is 6.54 Å². The highest BCUT2D eigenvalue weighted by Gasteiger charge is 2.37. The maximum atomic E-state index is 12.5. The van der Waals surface area contributed by atoms with Gasteiger partial charge in [-0.2, -0.15) is 13.2 Å². The Morgan fingerprint density at radius 2 is 1.82 bits per heavy atom. The van der Waals surface area contributed by atoms with Gasteiger partial charge in [-0.05, 0) is 17.7 Å². The highest BCUT2D eigenvalue weighted by atomic mass is 19.4. The molecule has 0 saturated carbocycles. The fourth-order valence-electron chi connectivity index (χ4n) is 1.02. The predicted molar refractivity (Wildman–Crippen MR) is 54.5 cm³/mol. The van der Waals surface area contributed by atoms with Gasteiger partial charge in [0, 0.05) is 6.54 Å². The summed E-state index contributed by atoms with van der Waals surface area (Å²) < 4.78 is 47.8. The van der Waals surface area contributed by atoms with E-state index in [2.05, 4.69) is 0 Å². The summed E-state index contributed by atoms with van der Waals surface area (Å²) in [6.45, 7) is -0.240. The van der Waals surface area contributed by atoms with Crippen molar-refractivity contribution in [1.82, 2.24) is 5.32 Å². The van der Waals surface area contributed by atoms with E-state index in [0.29, 0.717) is 5.56 Å². The lowest BCUT2D eigenvalue weighted by Crippen LogP contribution is -2.36. The molecular weight excluding hydrogens is 238 g/mol. The van der Waals surface area contributed by atoms with Crippen molar-refractivity contribution in [2.24, 2.45) is 0 Å². The number of nitrogens with one attached hydrogen (secondary N) is 1. The Hall–Kier alpha value is -1.85. The molecule has 0 fully saturated rings. The van der Waals surface area contributed by atoms with Crippen molar-refractivity contribution in [3.8, 4) is 0 Å². The number of rotatable bonds is 3. The van der Waals surface area contributed by atoms with E-state index in [4.69, 9.17) is 0 Å². The van der Waals surface area contributed by atoms with Gasteiger partial charge in [-0.15, -0.1) is 0 Å². The third-order valence-electron chi connectivity index (χ3n) is 1.82. The van der Waals surface area contributed by atoms with Gasteiger partial charge in [-0.3, -0.25) is 4.79 Å². The lowest BCUT2D eigenvalue weighted by atomic mass is 10.2. The van der Waals surface area contributed by atoms with Gasteiger partial charge >= 0.3 is 12.1 Å². The Kier molecular flexibility index (Phi) is 4.25. The van der Waals surface area contributed by atoms with Crippen LogP contribution in [-0.2, 0) is 4.79 Å². The van der Waals surface area contributed by atoms with Crippen molar-refractivity contribution in [1.29, 1.82) is 0 Å². The predicted octanol–water partition coefficient (Wildman–Crippen LogP) is 2.52. The molecule has 2 nitrogen and oxygen atoms in total. The number of amides is 1. The van der Waals surface area contributed by atoms with Gasteiger partial charge < -0.3 is 5.32 Å². The van der Waals surface area contributed by atoms with Crippen LogP contribution in [0.25, 0.3) is 6.08 Å². The fourth-order valence-corrected chi connectivity index (χ4v) is 1.02. The minimum atomic E-state index is -4.87. The summed E-state index contributed by atoms with van der Waals surface area (Å²) >= 11 is 0. The van der Waals surface area contributed by atoms with Crippen molar-refractivity contribution < 1.29 is 22.4 Å². The fraction of sp³-hybridized carbons (Fsp3) is 0.182. The molecule has 1 amide bonds. The Bertz CT molecular complexity index is 408. The molecule has 17 heavy (non-hydrogen) atoms. The highest BCUT2D eigenvalue weighted by Crippen LogP contribution is 2.13. The molecule has 0 aliphatic carbocycles. The summed E-state index contributed by atoms with van der Waals surface area (Å²) in [5.74, 6) is -2.38. The monoisotopic (exact) mass is 247 g/mol. The van der Waals surface area contributed by atoms with Crippen LogP contribution in [0.1, 0.15) is 5.56 Å². The summed E-state index contributed by atoms with van der Waals surface area (Å²) in [7, 11) is 0. The largest absolute Gasteiger partial charge is 0.471 e. The van der Waals surface area contributed by atoms with Crippen LogP contribution in [0.15, 0.2) is 30.3 Å². The quantitative estimate of drug-likeness (QED) is 0.817. The SMILES string of the molecule is O=C(NC/C=C/c1ccc(F)cc1)C(F)(F)F. The Morgan fingerprint density at radius 1 is 1.24 bits per heavy atom.